The molecule has 4 heteroatoms. The van der Waals surface area contributed by atoms with Crippen molar-refractivity contribution in [3.63, 3.8) is 0 Å². The Labute approximate surface area is 117 Å². The van der Waals surface area contributed by atoms with Gasteiger partial charge in [0.15, 0.2) is 0 Å². The van der Waals surface area contributed by atoms with E-state index in [1.807, 2.05) is 32.0 Å². The first-order chi connectivity index (χ1) is 9.11. The van der Waals surface area contributed by atoms with Gasteiger partial charge in [0.25, 0.3) is 0 Å². The summed E-state index contributed by atoms with van der Waals surface area (Å²) in [5.74, 6) is 0.382. The molecule has 1 atom stereocenters. The second-order valence-electron chi connectivity index (χ2n) is 4.54. The molecule has 0 aliphatic heterocycles. The number of fused-ring (bicyclic) bond motifs is 1. The van der Waals surface area contributed by atoms with Gasteiger partial charge in [-0.05, 0) is 24.6 Å². The second-order valence-corrected chi connectivity index (χ2v) is 5.55. The van der Waals surface area contributed by atoms with Gasteiger partial charge < -0.3 is 4.74 Å². The Morgan fingerprint density at radius 1 is 1.42 bits per heavy atom. The van der Waals surface area contributed by atoms with Crippen LogP contribution in [-0.2, 0) is 9.53 Å². The van der Waals surface area contributed by atoms with Crippen molar-refractivity contribution in [2.75, 3.05) is 12.9 Å². The fraction of sp³-hybridized carbons (Fsp3) is 0.333. The number of ether oxygens (including phenoxy) is 1. The molecule has 0 saturated heterocycles. The minimum atomic E-state index is -0.175. The van der Waals surface area contributed by atoms with Crippen molar-refractivity contribution < 1.29 is 9.53 Å². The Morgan fingerprint density at radius 2 is 2.16 bits per heavy atom. The van der Waals surface area contributed by atoms with E-state index in [2.05, 4.69) is 17.1 Å². The average molecular weight is 275 g/mol. The number of para-hydroxylation sites is 1. The molecule has 0 saturated carbocycles. The predicted octanol–water partition coefficient (Wildman–Crippen LogP) is 3.44. The minimum Gasteiger partial charge on any atom is -0.469 e. The third-order valence-electron chi connectivity index (χ3n) is 2.94. The molecule has 2 rings (SSSR count). The number of esters is 1. The predicted molar refractivity (Wildman–Crippen MR) is 78.4 cm³/mol. The van der Waals surface area contributed by atoms with Crippen molar-refractivity contribution in [1.29, 1.82) is 0 Å². The first-order valence-corrected chi connectivity index (χ1v) is 7.17. The number of benzene rings is 1. The molecule has 0 N–H and O–H groups in total. The molecule has 0 amide bonds. The lowest BCUT2D eigenvalue weighted by atomic mass is 10.2. The number of hydrogen-bond donors (Lipinski definition) is 0. The first-order valence-electron chi connectivity index (χ1n) is 6.19. The molecule has 1 aromatic heterocycles. The molecule has 100 valence electrons. The number of hydrogen-bond acceptors (Lipinski definition) is 4. The van der Waals surface area contributed by atoms with E-state index in [1.165, 1.54) is 7.11 Å². The molecule has 3 nitrogen and oxygen atoms in total. The van der Waals surface area contributed by atoms with Crippen LogP contribution < -0.4 is 0 Å². The van der Waals surface area contributed by atoms with E-state index in [-0.39, 0.29) is 11.9 Å². The fourth-order valence-electron chi connectivity index (χ4n) is 1.82. The Morgan fingerprint density at radius 3 is 2.89 bits per heavy atom. The van der Waals surface area contributed by atoms with Crippen LogP contribution in [0.4, 0.5) is 0 Å². The summed E-state index contributed by atoms with van der Waals surface area (Å²) < 4.78 is 4.73. The molecule has 0 spiro atoms. The summed E-state index contributed by atoms with van der Waals surface area (Å²) >= 11 is 1.60. The van der Waals surface area contributed by atoms with E-state index >= 15 is 0 Å². The number of pyridine rings is 1. The summed E-state index contributed by atoms with van der Waals surface area (Å²) in [7, 11) is 1.42. The molecular formula is C15H17NO2S. The Bertz CT molecular complexity index is 598. The van der Waals surface area contributed by atoms with Gasteiger partial charge in [0, 0.05) is 11.1 Å². The zero-order chi connectivity index (χ0) is 13.8. The number of aryl methyl sites for hydroxylation is 1. The summed E-state index contributed by atoms with van der Waals surface area (Å²) in [6.45, 7) is 3.92. The minimum absolute atomic E-state index is 0.123. The zero-order valence-corrected chi connectivity index (χ0v) is 12.2. The molecule has 1 aromatic carbocycles. The van der Waals surface area contributed by atoms with Crippen molar-refractivity contribution in [3.05, 3.63) is 35.9 Å². The van der Waals surface area contributed by atoms with Gasteiger partial charge in [-0.3, -0.25) is 4.79 Å². The van der Waals surface area contributed by atoms with E-state index in [0.717, 1.165) is 21.5 Å². The highest BCUT2D eigenvalue weighted by atomic mass is 32.2. The van der Waals surface area contributed by atoms with Crippen LogP contribution in [0.2, 0.25) is 0 Å². The first kappa shape index (κ1) is 13.9. The monoisotopic (exact) mass is 275 g/mol. The lowest BCUT2D eigenvalue weighted by molar-refractivity contribution is -0.143. The molecule has 0 aliphatic rings. The number of thioether (sulfide) groups is 1. The van der Waals surface area contributed by atoms with Crippen LogP contribution >= 0.6 is 11.8 Å². The molecular weight excluding hydrogens is 258 g/mol. The van der Waals surface area contributed by atoms with Crippen LogP contribution in [0, 0.1) is 12.8 Å². The van der Waals surface area contributed by atoms with Gasteiger partial charge in [-0.2, -0.15) is 0 Å². The van der Waals surface area contributed by atoms with Crippen LogP contribution in [0.3, 0.4) is 0 Å². The maximum absolute atomic E-state index is 11.4. The number of nitrogens with zero attached hydrogens (tertiary/aromatic N) is 1. The zero-order valence-electron chi connectivity index (χ0n) is 11.3. The molecule has 1 unspecified atom stereocenters. The Kier molecular flexibility index (Phi) is 4.43. The van der Waals surface area contributed by atoms with Crippen LogP contribution in [-0.4, -0.2) is 23.8 Å². The van der Waals surface area contributed by atoms with E-state index in [0.29, 0.717) is 5.75 Å². The maximum Gasteiger partial charge on any atom is 0.309 e. The maximum atomic E-state index is 11.4. The van der Waals surface area contributed by atoms with Gasteiger partial charge in [0.1, 0.15) is 0 Å². The van der Waals surface area contributed by atoms with Crippen LogP contribution in [0.15, 0.2) is 35.4 Å². The van der Waals surface area contributed by atoms with E-state index < -0.39 is 0 Å². The SMILES string of the molecule is COC(=O)C(C)CSc1nc2ccccc2cc1C. The molecule has 0 fully saturated rings. The quantitative estimate of drug-likeness (QED) is 0.633. The van der Waals surface area contributed by atoms with Gasteiger partial charge in [0.2, 0.25) is 0 Å². The van der Waals surface area contributed by atoms with E-state index in [9.17, 15) is 4.79 Å². The lowest BCUT2D eigenvalue weighted by Gasteiger charge is -2.10. The third kappa shape index (κ3) is 3.26. The van der Waals surface area contributed by atoms with Crippen molar-refractivity contribution in [1.82, 2.24) is 4.98 Å². The summed E-state index contributed by atoms with van der Waals surface area (Å²) in [5.41, 5.74) is 2.13. The number of carbonyl (C=O) groups excluding carboxylic acids is 1. The molecule has 19 heavy (non-hydrogen) atoms. The van der Waals surface area contributed by atoms with Crippen LogP contribution in [0.25, 0.3) is 10.9 Å². The topological polar surface area (TPSA) is 39.2 Å². The highest BCUT2D eigenvalue weighted by molar-refractivity contribution is 7.99. The van der Waals surface area contributed by atoms with Gasteiger partial charge in [-0.25, -0.2) is 4.98 Å². The highest BCUT2D eigenvalue weighted by Gasteiger charge is 2.14. The number of methoxy groups -OCH3 is 1. The highest BCUT2D eigenvalue weighted by Crippen LogP contribution is 2.26. The van der Waals surface area contributed by atoms with Gasteiger partial charge >= 0.3 is 5.97 Å². The van der Waals surface area contributed by atoms with E-state index in [4.69, 9.17) is 4.74 Å². The van der Waals surface area contributed by atoms with Crippen LogP contribution in [0.5, 0.6) is 0 Å². The van der Waals surface area contributed by atoms with Gasteiger partial charge in [-0.15, -0.1) is 11.8 Å². The Hall–Kier alpha value is -1.55. The van der Waals surface area contributed by atoms with Crippen molar-refractivity contribution in [3.8, 4) is 0 Å². The standard InChI is InChI=1S/C15H17NO2S/c1-10-8-12-6-4-5-7-13(12)16-14(10)19-9-11(2)15(17)18-3/h4-8,11H,9H2,1-3H3. The van der Waals surface area contributed by atoms with Gasteiger partial charge in [0.05, 0.1) is 23.6 Å². The largest absolute Gasteiger partial charge is 0.469 e. The fourth-order valence-corrected chi connectivity index (χ4v) is 2.82. The number of aromatic nitrogens is 1. The summed E-state index contributed by atoms with van der Waals surface area (Å²) in [6, 6.07) is 10.2. The smallest absolute Gasteiger partial charge is 0.309 e. The van der Waals surface area contributed by atoms with Crippen molar-refractivity contribution in [2.45, 2.75) is 18.9 Å². The molecule has 0 aliphatic carbocycles. The van der Waals surface area contributed by atoms with Gasteiger partial charge in [-0.1, -0.05) is 25.1 Å². The van der Waals surface area contributed by atoms with Crippen molar-refractivity contribution >= 4 is 28.6 Å². The Balaban J connectivity index is 2.16. The normalized spacial score (nSPS) is 12.4. The lowest BCUT2D eigenvalue weighted by Crippen LogP contribution is -2.14. The molecule has 1 heterocycles. The molecule has 0 bridgehead atoms. The molecule has 0 radical (unpaired) electrons. The third-order valence-corrected chi connectivity index (χ3v) is 4.30. The summed E-state index contributed by atoms with van der Waals surface area (Å²) in [5, 5.41) is 2.12. The number of carbonyl (C=O) groups is 1. The summed E-state index contributed by atoms with van der Waals surface area (Å²) in [4.78, 5) is 16.0. The van der Waals surface area contributed by atoms with Crippen molar-refractivity contribution in [2.24, 2.45) is 5.92 Å². The number of rotatable bonds is 4. The van der Waals surface area contributed by atoms with Crippen LogP contribution in [0.1, 0.15) is 12.5 Å². The summed E-state index contributed by atoms with van der Waals surface area (Å²) in [6.07, 6.45) is 0. The second kappa shape index (κ2) is 6.06. The average Bonchev–Trinajstić information content (AvgIpc) is 2.43. The molecule has 2 aromatic rings. The van der Waals surface area contributed by atoms with E-state index in [1.54, 1.807) is 11.8 Å².